The smallest absolute Gasteiger partial charge is 0.128 e. The SMILES string of the molecule is CCC(OC)C(NC)c1cc(Cl)cnc1N. The maximum absolute atomic E-state index is 5.92. The number of likely N-dealkylation sites (N-methyl/N-ethyl adjacent to an activating group) is 1. The summed E-state index contributed by atoms with van der Waals surface area (Å²) in [6.07, 6.45) is 2.47. The first-order valence-corrected chi connectivity index (χ1v) is 5.62. The van der Waals surface area contributed by atoms with Crippen molar-refractivity contribution in [3.8, 4) is 0 Å². The van der Waals surface area contributed by atoms with Crippen molar-refractivity contribution in [1.82, 2.24) is 10.3 Å². The molecule has 1 rings (SSSR count). The number of anilines is 1. The van der Waals surface area contributed by atoms with Gasteiger partial charge in [-0.2, -0.15) is 0 Å². The molecule has 0 fully saturated rings. The van der Waals surface area contributed by atoms with Crippen molar-refractivity contribution in [2.24, 2.45) is 0 Å². The van der Waals surface area contributed by atoms with Crippen molar-refractivity contribution in [3.63, 3.8) is 0 Å². The predicted octanol–water partition coefficient (Wildman–Crippen LogP) is 2.00. The second kappa shape index (κ2) is 6.03. The van der Waals surface area contributed by atoms with E-state index in [-0.39, 0.29) is 12.1 Å². The third kappa shape index (κ3) is 2.84. The van der Waals surface area contributed by atoms with E-state index in [4.69, 9.17) is 22.1 Å². The zero-order valence-electron chi connectivity index (χ0n) is 9.83. The molecule has 0 radical (unpaired) electrons. The molecule has 3 N–H and O–H groups in total. The Kier molecular flexibility index (Phi) is 4.99. The zero-order valence-corrected chi connectivity index (χ0v) is 10.6. The molecular weight excluding hydrogens is 226 g/mol. The first-order chi connectivity index (χ1) is 7.63. The van der Waals surface area contributed by atoms with Gasteiger partial charge in [0.05, 0.1) is 17.2 Å². The third-order valence-electron chi connectivity index (χ3n) is 2.64. The maximum atomic E-state index is 5.92. The molecule has 0 saturated carbocycles. The van der Waals surface area contributed by atoms with Crippen molar-refractivity contribution in [3.05, 3.63) is 22.8 Å². The van der Waals surface area contributed by atoms with Crippen LogP contribution in [0.4, 0.5) is 5.82 Å². The number of methoxy groups -OCH3 is 1. The van der Waals surface area contributed by atoms with Crippen LogP contribution in [0.25, 0.3) is 0 Å². The van der Waals surface area contributed by atoms with E-state index in [1.54, 1.807) is 13.3 Å². The van der Waals surface area contributed by atoms with Crippen LogP contribution in [0.1, 0.15) is 24.9 Å². The van der Waals surface area contributed by atoms with Gasteiger partial charge in [-0.25, -0.2) is 4.98 Å². The van der Waals surface area contributed by atoms with E-state index in [0.717, 1.165) is 12.0 Å². The number of nitrogens with zero attached hydrogens (tertiary/aromatic N) is 1. The Labute approximate surface area is 101 Å². The van der Waals surface area contributed by atoms with E-state index < -0.39 is 0 Å². The van der Waals surface area contributed by atoms with Crippen LogP contribution in [0, 0.1) is 0 Å². The van der Waals surface area contributed by atoms with Crippen LogP contribution >= 0.6 is 11.6 Å². The number of nitrogens with one attached hydrogen (secondary N) is 1. The molecule has 0 aliphatic rings. The van der Waals surface area contributed by atoms with Gasteiger partial charge in [0.25, 0.3) is 0 Å². The van der Waals surface area contributed by atoms with Crippen molar-refractivity contribution in [2.75, 3.05) is 19.9 Å². The van der Waals surface area contributed by atoms with Crippen LogP contribution in [0.5, 0.6) is 0 Å². The second-order valence-corrected chi connectivity index (χ2v) is 4.01. The average Bonchev–Trinajstić information content (AvgIpc) is 2.29. The third-order valence-corrected chi connectivity index (χ3v) is 2.85. The van der Waals surface area contributed by atoms with Gasteiger partial charge in [-0.3, -0.25) is 0 Å². The molecule has 0 aliphatic carbocycles. The maximum Gasteiger partial charge on any atom is 0.128 e. The number of hydrogen-bond acceptors (Lipinski definition) is 4. The highest BCUT2D eigenvalue weighted by Crippen LogP contribution is 2.26. The molecule has 2 unspecified atom stereocenters. The van der Waals surface area contributed by atoms with Crippen LogP contribution < -0.4 is 11.1 Å². The van der Waals surface area contributed by atoms with Gasteiger partial charge in [0.2, 0.25) is 0 Å². The topological polar surface area (TPSA) is 60.2 Å². The standard InChI is InChI=1S/C11H18ClN3O/c1-4-9(16-3)10(14-2)8-5-7(12)6-15-11(8)13/h5-6,9-10,14H,4H2,1-3H3,(H2,13,15). The van der Waals surface area contributed by atoms with E-state index in [0.29, 0.717) is 10.8 Å². The number of rotatable bonds is 5. The molecule has 0 amide bonds. The number of nitrogens with two attached hydrogens (primary N) is 1. The summed E-state index contributed by atoms with van der Waals surface area (Å²) in [5.41, 5.74) is 6.73. The van der Waals surface area contributed by atoms with Crippen molar-refractivity contribution in [1.29, 1.82) is 0 Å². The molecule has 1 aromatic rings. The summed E-state index contributed by atoms with van der Waals surface area (Å²) >= 11 is 5.92. The predicted molar refractivity (Wildman–Crippen MR) is 66.5 cm³/mol. The van der Waals surface area contributed by atoms with E-state index in [1.807, 2.05) is 13.1 Å². The molecule has 1 aromatic heterocycles. The van der Waals surface area contributed by atoms with Gasteiger partial charge >= 0.3 is 0 Å². The van der Waals surface area contributed by atoms with Gasteiger partial charge in [0, 0.05) is 18.9 Å². The van der Waals surface area contributed by atoms with Crippen LogP contribution in [0.3, 0.4) is 0 Å². The molecule has 2 atom stereocenters. The highest BCUT2D eigenvalue weighted by Gasteiger charge is 2.22. The fourth-order valence-electron chi connectivity index (χ4n) is 1.79. The average molecular weight is 244 g/mol. The number of halogens is 1. The quantitative estimate of drug-likeness (QED) is 0.831. The fourth-order valence-corrected chi connectivity index (χ4v) is 1.96. The van der Waals surface area contributed by atoms with Gasteiger partial charge in [-0.15, -0.1) is 0 Å². The Hall–Kier alpha value is -0.840. The van der Waals surface area contributed by atoms with Crippen molar-refractivity contribution < 1.29 is 4.74 Å². The minimum atomic E-state index is 0.00111. The van der Waals surface area contributed by atoms with E-state index in [1.165, 1.54) is 0 Å². The first kappa shape index (κ1) is 13.2. The molecule has 0 bridgehead atoms. The Morgan fingerprint density at radius 3 is 2.81 bits per heavy atom. The normalized spacial score (nSPS) is 14.8. The molecule has 16 heavy (non-hydrogen) atoms. The summed E-state index contributed by atoms with van der Waals surface area (Å²) in [7, 11) is 3.55. The molecule has 0 aromatic carbocycles. The van der Waals surface area contributed by atoms with Crippen molar-refractivity contribution >= 4 is 17.4 Å². The van der Waals surface area contributed by atoms with Crippen LogP contribution in [-0.4, -0.2) is 25.2 Å². The first-order valence-electron chi connectivity index (χ1n) is 5.25. The minimum Gasteiger partial charge on any atom is -0.383 e. The molecular formula is C11H18ClN3O. The van der Waals surface area contributed by atoms with Crippen LogP contribution in [0.2, 0.25) is 5.02 Å². The summed E-state index contributed by atoms with van der Waals surface area (Å²) in [6, 6.07) is 1.83. The number of aromatic nitrogens is 1. The van der Waals surface area contributed by atoms with E-state index in [2.05, 4.69) is 17.2 Å². The lowest BCUT2D eigenvalue weighted by Crippen LogP contribution is -2.31. The number of pyridine rings is 1. The van der Waals surface area contributed by atoms with Gasteiger partial charge in [0.1, 0.15) is 5.82 Å². The van der Waals surface area contributed by atoms with E-state index >= 15 is 0 Å². The summed E-state index contributed by atoms with van der Waals surface area (Å²) in [5, 5.41) is 3.76. The van der Waals surface area contributed by atoms with Gasteiger partial charge in [-0.05, 0) is 19.5 Å². The highest BCUT2D eigenvalue weighted by molar-refractivity contribution is 6.30. The highest BCUT2D eigenvalue weighted by atomic mass is 35.5. The van der Waals surface area contributed by atoms with Crippen molar-refractivity contribution in [2.45, 2.75) is 25.5 Å². The number of hydrogen-bond donors (Lipinski definition) is 2. The molecule has 0 saturated heterocycles. The lowest BCUT2D eigenvalue weighted by Gasteiger charge is -2.25. The minimum absolute atomic E-state index is 0.00111. The van der Waals surface area contributed by atoms with Crippen LogP contribution in [-0.2, 0) is 4.74 Å². The molecule has 5 heteroatoms. The molecule has 0 spiro atoms. The lowest BCUT2D eigenvalue weighted by atomic mass is 10.0. The monoisotopic (exact) mass is 243 g/mol. The van der Waals surface area contributed by atoms with Gasteiger partial charge in [-0.1, -0.05) is 18.5 Å². The fraction of sp³-hybridized carbons (Fsp3) is 0.545. The molecule has 90 valence electrons. The number of nitrogen functional groups attached to an aromatic ring is 1. The summed E-state index contributed by atoms with van der Waals surface area (Å²) in [5.74, 6) is 0.485. The Morgan fingerprint density at radius 2 is 2.31 bits per heavy atom. The largest absolute Gasteiger partial charge is 0.383 e. The molecule has 1 heterocycles. The Balaban J connectivity index is 3.06. The van der Waals surface area contributed by atoms with Crippen LogP contribution in [0.15, 0.2) is 12.3 Å². The number of ether oxygens (including phenoxy) is 1. The van der Waals surface area contributed by atoms with E-state index in [9.17, 15) is 0 Å². The lowest BCUT2D eigenvalue weighted by molar-refractivity contribution is 0.0677. The van der Waals surface area contributed by atoms with Gasteiger partial charge < -0.3 is 15.8 Å². The Morgan fingerprint density at radius 1 is 1.62 bits per heavy atom. The summed E-state index contributed by atoms with van der Waals surface area (Å²) < 4.78 is 5.41. The Bertz CT molecular complexity index is 342. The summed E-state index contributed by atoms with van der Waals surface area (Å²) in [6.45, 7) is 2.06. The van der Waals surface area contributed by atoms with Gasteiger partial charge in [0.15, 0.2) is 0 Å². The second-order valence-electron chi connectivity index (χ2n) is 3.58. The summed E-state index contributed by atoms with van der Waals surface area (Å²) in [4.78, 5) is 4.05. The molecule has 4 nitrogen and oxygen atoms in total. The molecule has 0 aliphatic heterocycles. The zero-order chi connectivity index (χ0) is 12.1.